The third-order valence-corrected chi connectivity index (χ3v) is 7.82. The zero-order valence-corrected chi connectivity index (χ0v) is 18.2. The van der Waals surface area contributed by atoms with Crippen LogP contribution in [0.3, 0.4) is 0 Å². The quantitative estimate of drug-likeness (QED) is 0.753. The zero-order chi connectivity index (χ0) is 21.8. The molecule has 0 saturated carbocycles. The van der Waals surface area contributed by atoms with Crippen LogP contribution in [0, 0.1) is 6.92 Å². The lowest BCUT2D eigenvalue weighted by atomic mass is 10.0. The molecule has 0 aliphatic carbocycles. The first kappa shape index (κ1) is 20.0. The van der Waals surface area contributed by atoms with Crippen LogP contribution >= 0.6 is 0 Å². The minimum atomic E-state index is -3.59. The van der Waals surface area contributed by atoms with E-state index in [0.717, 1.165) is 28.1 Å². The number of β-amino-alcohol motifs (C(OH)–C–C–N with tert-alkyl or cyclic N) is 1. The summed E-state index contributed by atoms with van der Waals surface area (Å²) in [6.45, 7) is 2.50. The van der Waals surface area contributed by atoms with Crippen LogP contribution in [-0.2, 0) is 17.1 Å². The molecular weight excluding hydrogens is 414 g/mol. The van der Waals surface area contributed by atoms with E-state index in [0.29, 0.717) is 13.0 Å². The second kappa shape index (κ2) is 7.37. The number of aromatic nitrogens is 2. The number of nitrogens with zero attached hydrogens (tertiary/aromatic N) is 4. The fourth-order valence-corrected chi connectivity index (χ4v) is 5.80. The fraction of sp³-hybridized carbons (Fsp3) is 0.318. The number of rotatable bonds is 4. The Morgan fingerprint density at radius 1 is 1.23 bits per heavy atom. The van der Waals surface area contributed by atoms with Crippen molar-refractivity contribution in [2.24, 2.45) is 7.05 Å². The predicted molar refractivity (Wildman–Crippen MR) is 118 cm³/mol. The van der Waals surface area contributed by atoms with Crippen LogP contribution in [0.5, 0.6) is 0 Å². The van der Waals surface area contributed by atoms with E-state index in [1.165, 1.54) is 4.31 Å². The molecule has 0 radical (unpaired) electrons. The molecule has 3 aliphatic heterocycles. The molecule has 4 heterocycles. The van der Waals surface area contributed by atoms with Crippen molar-refractivity contribution in [3.63, 3.8) is 0 Å². The second-order valence-electron chi connectivity index (χ2n) is 8.12. The summed E-state index contributed by atoms with van der Waals surface area (Å²) in [4.78, 5) is 2.39. The third-order valence-electron chi connectivity index (χ3n) is 5.94. The van der Waals surface area contributed by atoms with Gasteiger partial charge in [0, 0.05) is 49.9 Å². The molecule has 2 aromatic rings. The maximum atomic E-state index is 12.8. The van der Waals surface area contributed by atoms with Crippen molar-refractivity contribution in [3.8, 4) is 0 Å². The summed E-state index contributed by atoms with van der Waals surface area (Å²) in [5.74, 6) is 0. The Hall–Kier alpha value is -2.88. The maximum Gasteiger partial charge on any atom is 0.243 e. The molecule has 2 N–H and O–H groups in total. The molecule has 1 aromatic carbocycles. The Morgan fingerprint density at radius 2 is 2.00 bits per heavy atom. The highest BCUT2D eigenvalue weighted by atomic mass is 32.2. The Bertz CT molecular complexity index is 1210. The molecule has 162 valence electrons. The van der Waals surface area contributed by atoms with Crippen LogP contribution in [0.15, 0.2) is 59.9 Å². The molecule has 1 fully saturated rings. The highest BCUT2D eigenvalue weighted by molar-refractivity contribution is 7.89. The van der Waals surface area contributed by atoms with Crippen LogP contribution in [0.25, 0.3) is 11.3 Å². The van der Waals surface area contributed by atoms with E-state index >= 15 is 0 Å². The molecule has 0 spiro atoms. The molecule has 0 bridgehead atoms. The maximum absolute atomic E-state index is 12.8. The standard InChI is InChI=1S/C22H25N5O3S/c1-15-20(14-25(2)24-15)17-5-8-22-23-11-21(27(22)12-17)16-3-6-19(7-4-16)31(29,30)26-10-9-18(28)13-26/h3-8,11-12,14,18,22-23,28H,9-10,13H2,1-2H3/t18-,22?/m1/s1. The van der Waals surface area contributed by atoms with Gasteiger partial charge in [0.2, 0.25) is 10.0 Å². The average molecular weight is 440 g/mol. The van der Waals surface area contributed by atoms with Crippen molar-refractivity contribution in [2.45, 2.75) is 30.5 Å². The number of allylic oxidation sites excluding steroid dienone is 2. The lowest BCUT2D eigenvalue weighted by Crippen LogP contribution is -2.32. The van der Waals surface area contributed by atoms with Gasteiger partial charge in [0.15, 0.2) is 0 Å². The number of fused-ring (bicyclic) bond motifs is 1. The number of nitrogens with one attached hydrogen (secondary N) is 1. The van der Waals surface area contributed by atoms with Crippen LogP contribution in [-0.4, -0.2) is 57.9 Å². The van der Waals surface area contributed by atoms with Crippen molar-refractivity contribution in [3.05, 3.63) is 71.8 Å². The molecule has 2 atom stereocenters. The van der Waals surface area contributed by atoms with Crippen LogP contribution in [0.4, 0.5) is 0 Å². The molecule has 1 unspecified atom stereocenters. The van der Waals surface area contributed by atoms with Gasteiger partial charge in [-0.15, -0.1) is 0 Å². The van der Waals surface area contributed by atoms with Crippen molar-refractivity contribution in [1.29, 1.82) is 0 Å². The number of aliphatic hydroxyl groups is 1. The summed E-state index contributed by atoms with van der Waals surface area (Å²) < 4.78 is 28.8. The third kappa shape index (κ3) is 3.48. The second-order valence-corrected chi connectivity index (χ2v) is 10.1. The zero-order valence-electron chi connectivity index (χ0n) is 17.4. The van der Waals surface area contributed by atoms with Crippen LogP contribution < -0.4 is 5.32 Å². The molecule has 31 heavy (non-hydrogen) atoms. The molecule has 0 amide bonds. The summed E-state index contributed by atoms with van der Waals surface area (Å²) in [5, 5.41) is 17.5. The number of aryl methyl sites for hydroxylation is 2. The number of hydrogen-bond donors (Lipinski definition) is 2. The smallest absolute Gasteiger partial charge is 0.243 e. The Kier molecular flexibility index (Phi) is 4.76. The average Bonchev–Trinajstić information content (AvgIpc) is 3.46. The van der Waals surface area contributed by atoms with E-state index in [1.807, 2.05) is 43.2 Å². The van der Waals surface area contributed by atoms with Gasteiger partial charge in [-0.25, -0.2) is 8.42 Å². The summed E-state index contributed by atoms with van der Waals surface area (Å²) in [6.07, 6.45) is 10.2. The van der Waals surface area contributed by atoms with Crippen LogP contribution in [0.2, 0.25) is 0 Å². The predicted octanol–water partition coefficient (Wildman–Crippen LogP) is 1.62. The molecule has 3 aliphatic rings. The van der Waals surface area contributed by atoms with Crippen molar-refractivity contribution < 1.29 is 13.5 Å². The Morgan fingerprint density at radius 3 is 2.65 bits per heavy atom. The van der Waals surface area contributed by atoms with Crippen molar-refractivity contribution in [1.82, 2.24) is 24.3 Å². The summed E-state index contributed by atoms with van der Waals surface area (Å²) >= 11 is 0. The van der Waals surface area contributed by atoms with E-state index in [4.69, 9.17) is 0 Å². The molecule has 1 aromatic heterocycles. The number of benzene rings is 1. The molecule has 1 saturated heterocycles. The van der Waals surface area contributed by atoms with Crippen LogP contribution in [0.1, 0.15) is 23.2 Å². The minimum Gasteiger partial charge on any atom is -0.392 e. The molecule has 8 nitrogen and oxygen atoms in total. The van der Waals surface area contributed by atoms with Gasteiger partial charge in [-0.05, 0) is 37.1 Å². The fourth-order valence-electron chi connectivity index (χ4n) is 4.31. The SMILES string of the molecule is Cc1nn(C)cc1C1=CN2C(c3ccc(S(=O)(=O)N4CC[C@@H](O)C4)cc3)=CNC2C=C1. The van der Waals surface area contributed by atoms with E-state index in [2.05, 4.69) is 33.7 Å². The summed E-state index contributed by atoms with van der Waals surface area (Å²) in [5.41, 5.74) is 5.01. The normalized spacial score (nSPS) is 23.5. The van der Waals surface area contributed by atoms with Gasteiger partial charge < -0.3 is 15.3 Å². The monoisotopic (exact) mass is 439 g/mol. The minimum absolute atomic E-state index is 0.0187. The largest absolute Gasteiger partial charge is 0.392 e. The molecule has 5 rings (SSSR count). The Balaban J connectivity index is 1.41. The summed E-state index contributed by atoms with van der Waals surface area (Å²) in [7, 11) is -1.68. The van der Waals surface area contributed by atoms with E-state index in [-0.39, 0.29) is 17.6 Å². The lowest BCUT2D eigenvalue weighted by Gasteiger charge is -2.28. The number of hydrogen-bond acceptors (Lipinski definition) is 6. The molecule has 9 heteroatoms. The molecular formula is C22H25N5O3S. The number of sulfonamides is 1. The highest BCUT2D eigenvalue weighted by Crippen LogP contribution is 2.33. The first-order valence-electron chi connectivity index (χ1n) is 10.3. The van der Waals surface area contributed by atoms with Gasteiger partial charge in [0.05, 0.1) is 22.4 Å². The van der Waals surface area contributed by atoms with Gasteiger partial charge in [-0.1, -0.05) is 18.2 Å². The van der Waals surface area contributed by atoms with E-state index < -0.39 is 16.1 Å². The van der Waals surface area contributed by atoms with E-state index in [9.17, 15) is 13.5 Å². The van der Waals surface area contributed by atoms with Crippen molar-refractivity contribution in [2.75, 3.05) is 13.1 Å². The Labute approximate surface area is 181 Å². The topological polar surface area (TPSA) is 90.7 Å². The first-order valence-corrected chi connectivity index (χ1v) is 11.7. The van der Waals surface area contributed by atoms with Gasteiger partial charge >= 0.3 is 0 Å². The highest BCUT2D eigenvalue weighted by Gasteiger charge is 2.32. The van der Waals surface area contributed by atoms with Gasteiger partial charge in [-0.2, -0.15) is 9.40 Å². The van der Waals surface area contributed by atoms with Gasteiger partial charge in [-0.3, -0.25) is 4.68 Å². The van der Waals surface area contributed by atoms with Crippen molar-refractivity contribution >= 4 is 21.3 Å². The van der Waals surface area contributed by atoms with Gasteiger partial charge in [0.25, 0.3) is 0 Å². The van der Waals surface area contributed by atoms with E-state index in [1.54, 1.807) is 12.1 Å². The lowest BCUT2D eigenvalue weighted by molar-refractivity contribution is 0.189. The number of aliphatic hydroxyl groups excluding tert-OH is 1. The van der Waals surface area contributed by atoms with Gasteiger partial charge in [0.1, 0.15) is 6.17 Å². The first-order chi connectivity index (χ1) is 14.8. The summed E-state index contributed by atoms with van der Waals surface area (Å²) in [6, 6.07) is 6.94.